The van der Waals surface area contributed by atoms with Gasteiger partial charge in [-0.1, -0.05) is 6.07 Å². The molecule has 1 atom stereocenters. The number of aryl methyl sites for hydroxylation is 2. The highest BCUT2D eigenvalue weighted by Crippen LogP contribution is 2.40. The topological polar surface area (TPSA) is 49.8 Å². The van der Waals surface area contributed by atoms with Crippen LogP contribution in [0.5, 0.6) is 5.75 Å². The molecule has 1 N–H and O–H groups in total. The van der Waals surface area contributed by atoms with Gasteiger partial charge >= 0.3 is 5.97 Å². The molecule has 1 aromatic rings. The van der Waals surface area contributed by atoms with Crippen LogP contribution in [0.1, 0.15) is 36.0 Å². The Morgan fingerprint density at radius 1 is 1.38 bits per heavy atom. The Kier molecular flexibility index (Phi) is 3.66. The smallest absolute Gasteiger partial charge is 0.304 e. The first-order valence-electron chi connectivity index (χ1n) is 7.71. The molecule has 0 aromatic heterocycles. The Balaban J connectivity index is 1.73. The van der Waals surface area contributed by atoms with Gasteiger partial charge in [-0.05, 0) is 49.4 Å². The van der Waals surface area contributed by atoms with Crippen molar-refractivity contribution in [3.63, 3.8) is 0 Å². The summed E-state index contributed by atoms with van der Waals surface area (Å²) < 4.78 is 6.39. The Bertz CT molecular complexity index is 569. The highest BCUT2D eigenvalue weighted by Gasteiger charge is 2.42. The van der Waals surface area contributed by atoms with Crippen molar-refractivity contribution >= 4 is 5.97 Å². The number of carbonyl (C=O) groups is 1. The molecule has 1 saturated heterocycles. The fraction of sp³-hybridized carbons (Fsp3) is 0.588. The van der Waals surface area contributed by atoms with Crippen molar-refractivity contribution in [3.8, 4) is 5.75 Å². The van der Waals surface area contributed by atoms with Crippen LogP contribution in [0.3, 0.4) is 0 Å². The SMILES string of the molecule is Cc1cc(C)c2c(c1)OC1(CC2)CCN(CCC(=O)O)C1. The zero-order valence-electron chi connectivity index (χ0n) is 12.8. The van der Waals surface area contributed by atoms with Crippen LogP contribution >= 0.6 is 0 Å². The van der Waals surface area contributed by atoms with E-state index in [0.717, 1.165) is 38.1 Å². The van der Waals surface area contributed by atoms with E-state index in [-0.39, 0.29) is 12.0 Å². The lowest BCUT2D eigenvalue weighted by Gasteiger charge is -2.36. The maximum Gasteiger partial charge on any atom is 0.304 e. The highest BCUT2D eigenvalue weighted by molar-refractivity contribution is 5.66. The average Bonchev–Trinajstić information content (AvgIpc) is 2.78. The molecule has 4 nitrogen and oxygen atoms in total. The lowest BCUT2D eigenvalue weighted by atomic mass is 9.88. The normalized spacial score (nSPS) is 24.9. The molecule has 1 spiro atoms. The summed E-state index contributed by atoms with van der Waals surface area (Å²) in [5.41, 5.74) is 3.80. The van der Waals surface area contributed by atoms with Gasteiger partial charge < -0.3 is 9.84 Å². The van der Waals surface area contributed by atoms with Gasteiger partial charge in [0.05, 0.1) is 6.42 Å². The summed E-state index contributed by atoms with van der Waals surface area (Å²) in [7, 11) is 0. The molecule has 2 heterocycles. The van der Waals surface area contributed by atoms with Crippen LogP contribution in [-0.4, -0.2) is 41.2 Å². The number of benzene rings is 1. The number of nitrogens with zero attached hydrogens (tertiary/aromatic N) is 1. The van der Waals surface area contributed by atoms with Crippen LogP contribution in [0.25, 0.3) is 0 Å². The maximum absolute atomic E-state index is 10.7. The van der Waals surface area contributed by atoms with Gasteiger partial charge in [0.25, 0.3) is 0 Å². The Morgan fingerprint density at radius 2 is 2.19 bits per heavy atom. The van der Waals surface area contributed by atoms with Gasteiger partial charge in [0.2, 0.25) is 0 Å². The number of rotatable bonds is 3. The lowest BCUT2D eigenvalue weighted by molar-refractivity contribution is -0.137. The second kappa shape index (κ2) is 5.34. The minimum absolute atomic E-state index is 0.105. The molecular formula is C17H23NO3. The summed E-state index contributed by atoms with van der Waals surface area (Å²) in [4.78, 5) is 12.9. The average molecular weight is 289 g/mol. The molecule has 21 heavy (non-hydrogen) atoms. The Hall–Kier alpha value is -1.55. The number of carboxylic acid groups (broad SMARTS) is 1. The molecule has 1 fully saturated rings. The number of ether oxygens (including phenoxy) is 1. The minimum atomic E-state index is -0.725. The summed E-state index contributed by atoms with van der Waals surface area (Å²) >= 11 is 0. The summed E-state index contributed by atoms with van der Waals surface area (Å²) in [6.07, 6.45) is 3.31. The molecule has 2 aliphatic rings. The van der Waals surface area contributed by atoms with E-state index >= 15 is 0 Å². The van der Waals surface area contributed by atoms with Gasteiger partial charge in [0.1, 0.15) is 11.4 Å². The van der Waals surface area contributed by atoms with Gasteiger partial charge in [-0.25, -0.2) is 0 Å². The third kappa shape index (κ3) is 2.91. The van der Waals surface area contributed by atoms with Crippen molar-refractivity contribution in [2.45, 2.75) is 45.1 Å². The van der Waals surface area contributed by atoms with Crippen LogP contribution in [-0.2, 0) is 11.2 Å². The molecule has 0 amide bonds. The fourth-order valence-corrected chi connectivity index (χ4v) is 3.67. The number of carboxylic acids is 1. The van der Waals surface area contributed by atoms with Crippen LogP contribution in [0, 0.1) is 13.8 Å². The minimum Gasteiger partial charge on any atom is -0.486 e. The quantitative estimate of drug-likeness (QED) is 0.929. The van der Waals surface area contributed by atoms with E-state index in [9.17, 15) is 4.79 Å². The molecule has 4 heteroatoms. The van der Waals surface area contributed by atoms with E-state index in [1.807, 2.05) is 0 Å². The van der Waals surface area contributed by atoms with Gasteiger partial charge in [-0.15, -0.1) is 0 Å². The van der Waals surface area contributed by atoms with Crippen LogP contribution < -0.4 is 4.74 Å². The maximum atomic E-state index is 10.7. The van der Waals surface area contributed by atoms with Gasteiger partial charge in [-0.2, -0.15) is 0 Å². The third-order valence-corrected chi connectivity index (χ3v) is 4.77. The van der Waals surface area contributed by atoms with Gasteiger partial charge in [-0.3, -0.25) is 9.69 Å². The molecule has 3 rings (SSSR count). The van der Waals surface area contributed by atoms with Crippen molar-refractivity contribution in [1.29, 1.82) is 0 Å². The number of hydrogen-bond acceptors (Lipinski definition) is 3. The summed E-state index contributed by atoms with van der Waals surface area (Å²) in [6, 6.07) is 4.36. The van der Waals surface area contributed by atoms with Crippen LogP contribution in [0.4, 0.5) is 0 Å². The highest BCUT2D eigenvalue weighted by atomic mass is 16.5. The zero-order chi connectivity index (χ0) is 15.0. The zero-order valence-corrected chi connectivity index (χ0v) is 12.8. The Morgan fingerprint density at radius 3 is 2.95 bits per heavy atom. The molecule has 0 bridgehead atoms. The Labute approximate surface area is 125 Å². The van der Waals surface area contributed by atoms with E-state index in [2.05, 4.69) is 30.9 Å². The third-order valence-electron chi connectivity index (χ3n) is 4.77. The first-order chi connectivity index (χ1) is 9.97. The number of aliphatic carboxylic acids is 1. The summed E-state index contributed by atoms with van der Waals surface area (Å²) in [5, 5.41) is 8.81. The number of likely N-dealkylation sites (tertiary alicyclic amines) is 1. The molecule has 1 unspecified atom stereocenters. The monoisotopic (exact) mass is 289 g/mol. The van der Waals surface area contributed by atoms with E-state index in [4.69, 9.17) is 9.84 Å². The van der Waals surface area contributed by atoms with Crippen molar-refractivity contribution < 1.29 is 14.6 Å². The van der Waals surface area contributed by atoms with Gasteiger partial charge in [0.15, 0.2) is 0 Å². The van der Waals surface area contributed by atoms with Crippen LogP contribution in [0.15, 0.2) is 12.1 Å². The van der Waals surface area contributed by atoms with E-state index in [1.165, 1.54) is 16.7 Å². The number of hydrogen-bond donors (Lipinski definition) is 1. The molecule has 0 saturated carbocycles. The predicted molar refractivity (Wildman–Crippen MR) is 80.9 cm³/mol. The molecule has 1 aromatic carbocycles. The first kappa shape index (κ1) is 14.4. The summed E-state index contributed by atoms with van der Waals surface area (Å²) in [5.74, 6) is 0.316. The van der Waals surface area contributed by atoms with Crippen molar-refractivity contribution in [1.82, 2.24) is 4.90 Å². The van der Waals surface area contributed by atoms with Crippen molar-refractivity contribution in [2.75, 3.05) is 19.6 Å². The van der Waals surface area contributed by atoms with E-state index < -0.39 is 5.97 Å². The fourth-order valence-electron chi connectivity index (χ4n) is 3.67. The van der Waals surface area contributed by atoms with Crippen molar-refractivity contribution in [3.05, 3.63) is 28.8 Å². The van der Waals surface area contributed by atoms with E-state index in [0.29, 0.717) is 6.54 Å². The lowest BCUT2D eigenvalue weighted by Crippen LogP contribution is -2.42. The molecule has 114 valence electrons. The van der Waals surface area contributed by atoms with E-state index in [1.54, 1.807) is 0 Å². The second-order valence-corrected chi connectivity index (χ2v) is 6.51. The standard InChI is InChI=1S/C17H23NO3/c1-12-9-13(2)14-3-5-17(21-15(14)10-12)6-8-18(11-17)7-4-16(19)20/h9-10H,3-8,11H2,1-2H3,(H,19,20). The molecule has 0 radical (unpaired) electrons. The predicted octanol–water partition coefficient (Wildman–Crippen LogP) is 2.55. The van der Waals surface area contributed by atoms with Crippen LogP contribution in [0.2, 0.25) is 0 Å². The number of fused-ring (bicyclic) bond motifs is 1. The molecule has 2 aliphatic heterocycles. The molecular weight excluding hydrogens is 266 g/mol. The largest absolute Gasteiger partial charge is 0.486 e. The van der Waals surface area contributed by atoms with Crippen molar-refractivity contribution in [2.24, 2.45) is 0 Å². The van der Waals surface area contributed by atoms with Gasteiger partial charge in [0, 0.05) is 26.1 Å². The first-order valence-corrected chi connectivity index (χ1v) is 7.71. The summed E-state index contributed by atoms with van der Waals surface area (Å²) in [6.45, 7) is 6.67. The molecule has 0 aliphatic carbocycles. The second-order valence-electron chi connectivity index (χ2n) is 6.51.